The molecular weight excluding hydrogens is 210 g/mol. The maximum atomic E-state index is 3.36. The van der Waals surface area contributed by atoms with Crippen molar-refractivity contribution in [1.82, 2.24) is 15.1 Å². The zero-order chi connectivity index (χ0) is 11.7. The Bertz CT molecular complexity index is 246. The molecular formula is C14H27N3. The molecule has 2 atom stereocenters. The summed E-state index contributed by atoms with van der Waals surface area (Å²) in [6.07, 6.45) is 5.75. The fourth-order valence-electron chi connectivity index (χ4n) is 4.20. The highest BCUT2D eigenvalue weighted by Gasteiger charge is 2.38. The number of hydrogen-bond donors (Lipinski definition) is 1. The first kappa shape index (κ1) is 11.9. The van der Waals surface area contributed by atoms with Gasteiger partial charge in [0.05, 0.1) is 0 Å². The second kappa shape index (κ2) is 5.25. The molecule has 0 aromatic heterocycles. The lowest BCUT2D eigenvalue weighted by Crippen LogP contribution is -2.59. The zero-order valence-electron chi connectivity index (χ0n) is 11.2. The molecule has 0 amide bonds. The van der Waals surface area contributed by atoms with E-state index in [1.54, 1.807) is 0 Å². The number of hydrogen-bond acceptors (Lipinski definition) is 3. The summed E-state index contributed by atoms with van der Waals surface area (Å²) in [5, 5.41) is 3.36. The van der Waals surface area contributed by atoms with Crippen LogP contribution in [0, 0.1) is 11.8 Å². The number of nitrogens with zero attached hydrogens (tertiary/aromatic N) is 2. The maximum Gasteiger partial charge on any atom is 0.0252 e. The van der Waals surface area contributed by atoms with E-state index in [4.69, 9.17) is 0 Å². The predicted octanol–water partition coefficient (Wildman–Crippen LogP) is 1.01. The van der Waals surface area contributed by atoms with Gasteiger partial charge in [-0.05, 0) is 70.7 Å². The average molecular weight is 237 g/mol. The summed E-state index contributed by atoms with van der Waals surface area (Å²) in [5.74, 6) is 1.90. The molecule has 0 aromatic rings. The van der Waals surface area contributed by atoms with Crippen molar-refractivity contribution in [2.45, 2.75) is 31.7 Å². The van der Waals surface area contributed by atoms with E-state index in [1.165, 1.54) is 65.0 Å². The highest BCUT2D eigenvalue weighted by atomic mass is 15.3. The Hall–Kier alpha value is -0.120. The molecule has 2 bridgehead atoms. The second-order valence-corrected chi connectivity index (χ2v) is 6.27. The fraction of sp³-hybridized carbons (Fsp3) is 1.00. The van der Waals surface area contributed by atoms with Crippen LogP contribution in [0.15, 0.2) is 0 Å². The lowest BCUT2D eigenvalue weighted by atomic mass is 9.81. The van der Waals surface area contributed by atoms with Crippen LogP contribution in [0.3, 0.4) is 0 Å². The molecule has 1 N–H and O–H groups in total. The standard InChI is InChI=1S/C14H27N3/c1-15-9-12-3-2-6-17(10-12)14-11-16-7-4-13(14)5-8-16/h12-15H,2-11H2,1H3. The van der Waals surface area contributed by atoms with E-state index in [0.29, 0.717) is 0 Å². The van der Waals surface area contributed by atoms with Gasteiger partial charge in [0.25, 0.3) is 0 Å². The quantitative estimate of drug-likeness (QED) is 0.790. The van der Waals surface area contributed by atoms with Crippen LogP contribution in [0.1, 0.15) is 25.7 Å². The first-order valence-corrected chi connectivity index (χ1v) is 7.48. The van der Waals surface area contributed by atoms with Crippen LogP contribution >= 0.6 is 0 Å². The van der Waals surface area contributed by atoms with Crippen LogP contribution in [0.4, 0.5) is 0 Å². The van der Waals surface area contributed by atoms with Gasteiger partial charge in [0, 0.05) is 19.1 Å². The van der Waals surface area contributed by atoms with Crippen LogP contribution in [-0.2, 0) is 0 Å². The first-order chi connectivity index (χ1) is 8.36. The van der Waals surface area contributed by atoms with E-state index in [0.717, 1.165) is 17.9 Å². The van der Waals surface area contributed by atoms with Gasteiger partial charge in [-0.2, -0.15) is 0 Å². The molecule has 4 aliphatic rings. The van der Waals surface area contributed by atoms with Gasteiger partial charge in [-0.25, -0.2) is 0 Å². The predicted molar refractivity (Wildman–Crippen MR) is 71.2 cm³/mol. The molecule has 0 spiro atoms. The topological polar surface area (TPSA) is 18.5 Å². The van der Waals surface area contributed by atoms with Gasteiger partial charge < -0.3 is 10.2 Å². The maximum absolute atomic E-state index is 3.36. The summed E-state index contributed by atoms with van der Waals surface area (Å²) in [7, 11) is 2.09. The zero-order valence-corrected chi connectivity index (χ0v) is 11.2. The number of rotatable bonds is 3. The summed E-state index contributed by atoms with van der Waals surface area (Å²) in [6, 6.07) is 0.886. The van der Waals surface area contributed by atoms with Gasteiger partial charge in [0.1, 0.15) is 0 Å². The lowest BCUT2D eigenvalue weighted by Gasteiger charge is -2.51. The third kappa shape index (κ3) is 2.51. The van der Waals surface area contributed by atoms with Crippen molar-refractivity contribution in [2.75, 3.05) is 46.3 Å². The van der Waals surface area contributed by atoms with Crippen molar-refractivity contribution in [3.63, 3.8) is 0 Å². The second-order valence-electron chi connectivity index (χ2n) is 6.27. The third-order valence-electron chi connectivity index (χ3n) is 5.13. The molecule has 4 fully saturated rings. The summed E-state index contributed by atoms with van der Waals surface area (Å²) in [4.78, 5) is 5.51. The molecule has 4 heterocycles. The number of nitrogens with one attached hydrogen (secondary N) is 1. The Morgan fingerprint density at radius 3 is 2.53 bits per heavy atom. The number of likely N-dealkylation sites (tertiary alicyclic amines) is 1. The van der Waals surface area contributed by atoms with Crippen LogP contribution in [0.5, 0.6) is 0 Å². The molecule has 3 nitrogen and oxygen atoms in total. The monoisotopic (exact) mass is 237 g/mol. The summed E-state index contributed by atoms with van der Waals surface area (Å²) < 4.78 is 0. The van der Waals surface area contributed by atoms with Gasteiger partial charge in [0.15, 0.2) is 0 Å². The average Bonchev–Trinajstić information content (AvgIpc) is 2.41. The highest BCUT2D eigenvalue weighted by molar-refractivity contribution is 4.94. The normalized spacial score (nSPS) is 42.9. The van der Waals surface area contributed by atoms with Gasteiger partial charge in [-0.15, -0.1) is 0 Å². The first-order valence-electron chi connectivity index (χ1n) is 7.48. The Kier molecular flexibility index (Phi) is 3.69. The minimum Gasteiger partial charge on any atom is -0.319 e. The SMILES string of the molecule is CNCC1CCCN(C2CN3CCC2CC3)C1. The molecule has 0 aromatic carbocycles. The number of fused-ring (bicyclic) bond motifs is 3. The van der Waals surface area contributed by atoms with Gasteiger partial charge >= 0.3 is 0 Å². The molecule has 0 aliphatic carbocycles. The Balaban J connectivity index is 1.60. The van der Waals surface area contributed by atoms with Crippen LogP contribution < -0.4 is 5.32 Å². The summed E-state index contributed by atoms with van der Waals surface area (Å²) in [6.45, 7) is 8.00. The molecule has 0 saturated carbocycles. The van der Waals surface area contributed by atoms with E-state index in [1.807, 2.05) is 0 Å². The van der Waals surface area contributed by atoms with Crippen LogP contribution in [0.2, 0.25) is 0 Å². The largest absolute Gasteiger partial charge is 0.319 e. The molecule has 17 heavy (non-hydrogen) atoms. The van der Waals surface area contributed by atoms with E-state index in [2.05, 4.69) is 22.2 Å². The fourth-order valence-corrected chi connectivity index (χ4v) is 4.20. The van der Waals surface area contributed by atoms with Crippen LogP contribution in [-0.4, -0.2) is 62.2 Å². The van der Waals surface area contributed by atoms with Crippen molar-refractivity contribution < 1.29 is 0 Å². The van der Waals surface area contributed by atoms with Crippen molar-refractivity contribution in [2.24, 2.45) is 11.8 Å². The third-order valence-corrected chi connectivity index (χ3v) is 5.13. The van der Waals surface area contributed by atoms with Crippen molar-refractivity contribution >= 4 is 0 Å². The van der Waals surface area contributed by atoms with Gasteiger partial charge in [-0.3, -0.25) is 4.90 Å². The van der Waals surface area contributed by atoms with E-state index < -0.39 is 0 Å². The lowest BCUT2D eigenvalue weighted by molar-refractivity contribution is -0.0120. The number of piperidine rings is 4. The summed E-state index contributed by atoms with van der Waals surface area (Å²) >= 11 is 0. The van der Waals surface area contributed by atoms with Crippen molar-refractivity contribution in [3.05, 3.63) is 0 Å². The molecule has 4 aliphatic heterocycles. The Labute approximate surface area is 106 Å². The van der Waals surface area contributed by atoms with Crippen LogP contribution in [0.25, 0.3) is 0 Å². The van der Waals surface area contributed by atoms with E-state index in [9.17, 15) is 0 Å². The van der Waals surface area contributed by atoms with Crippen molar-refractivity contribution in [3.8, 4) is 0 Å². The molecule has 3 heteroatoms. The minimum absolute atomic E-state index is 0.886. The minimum atomic E-state index is 0.886. The van der Waals surface area contributed by atoms with E-state index in [-0.39, 0.29) is 0 Å². The Morgan fingerprint density at radius 1 is 1.06 bits per heavy atom. The summed E-state index contributed by atoms with van der Waals surface area (Å²) in [5.41, 5.74) is 0. The smallest absolute Gasteiger partial charge is 0.0252 e. The highest BCUT2D eigenvalue weighted by Crippen LogP contribution is 2.32. The van der Waals surface area contributed by atoms with Crippen molar-refractivity contribution in [1.29, 1.82) is 0 Å². The van der Waals surface area contributed by atoms with Gasteiger partial charge in [0.2, 0.25) is 0 Å². The van der Waals surface area contributed by atoms with E-state index >= 15 is 0 Å². The molecule has 4 saturated heterocycles. The molecule has 0 radical (unpaired) electrons. The Morgan fingerprint density at radius 2 is 1.88 bits per heavy atom. The molecule has 2 unspecified atom stereocenters. The van der Waals surface area contributed by atoms with Gasteiger partial charge in [-0.1, -0.05) is 0 Å². The molecule has 4 rings (SSSR count). The molecule has 98 valence electrons.